The lowest BCUT2D eigenvalue weighted by Gasteiger charge is -2.61. The van der Waals surface area contributed by atoms with Gasteiger partial charge >= 0.3 is 0 Å². The Morgan fingerprint density at radius 1 is 0.889 bits per heavy atom. The van der Waals surface area contributed by atoms with Crippen LogP contribution >= 0.6 is 0 Å². The molecule has 6 aliphatic rings. The van der Waals surface area contributed by atoms with Gasteiger partial charge in [0.05, 0.1) is 5.60 Å². The second-order valence-electron chi connectivity index (χ2n) is 14.4. The molecule has 0 radical (unpaired) electrons. The van der Waals surface area contributed by atoms with Crippen molar-refractivity contribution in [2.45, 2.75) is 109 Å². The quantitative estimate of drug-likeness (QED) is 0.591. The number of Topliss-reactive ketones (excluding diaryl/α,β-unsaturated/α-hetero) is 1. The smallest absolute Gasteiger partial charge is 0.225 e. The van der Waals surface area contributed by atoms with Crippen LogP contribution in [-0.2, 0) is 9.59 Å². The summed E-state index contributed by atoms with van der Waals surface area (Å²) < 4.78 is 0. The normalized spacial score (nSPS) is 46.2. The molecule has 202 valence electrons. The van der Waals surface area contributed by atoms with Crippen LogP contribution in [0.3, 0.4) is 0 Å². The molecule has 0 bridgehead atoms. The Hall–Kier alpha value is -0.940. The van der Waals surface area contributed by atoms with Gasteiger partial charge in [0.2, 0.25) is 5.91 Å². The van der Waals surface area contributed by atoms with Crippen molar-refractivity contribution in [1.82, 2.24) is 9.80 Å². The number of fused-ring (bicyclic) bond motifs is 5. The maximum Gasteiger partial charge on any atom is 0.225 e. The molecular weight excluding hydrogens is 448 g/mol. The second kappa shape index (κ2) is 9.36. The fraction of sp³-hybridized carbons (Fsp3) is 0.935. The van der Waals surface area contributed by atoms with Gasteiger partial charge in [-0.1, -0.05) is 33.1 Å². The lowest BCUT2D eigenvalue weighted by Crippen LogP contribution is -2.59. The Morgan fingerprint density at radius 3 is 2.39 bits per heavy atom. The summed E-state index contributed by atoms with van der Waals surface area (Å²) >= 11 is 0. The van der Waals surface area contributed by atoms with Crippen LogP contribution in [0.1, 0.15) is 104 Å². The molecular formula is C31H50N2O3. The van der Waals surface area contributed by atoms with Crippen LogP contribution in [0.4, 0.5) is 0 Å². The van der Waals surface area contributed by atoms with E-state index in [-0.39, 0.29) is 11.3 Å². The Balaban J connectivity index is 1.05. The van der Waals surface area contributed by atoms with Crippen LogP contribution in [0.15, 0.2) is 0 Å². The predicted octanol–water partition coefficient (Wildman–Crippen LogP) is 5.05. The molecule has 0 aromatic heterocycles. The number of rotatable bonds is 3. The van der Waals surface area contributed by atoms with Gasteiger partial charge in [0.1, 0.15) is 5.78 Å². The van der Waals surface area contributed by atoms with Crippen molar-refractivity contribution in [2.24, 2.45) is 40.4 Å². The number of amides is 1. The van der Waals surface area contributed by atoms with Crippen LogP contribution < -0.4 is 0 Å². The third kappa shape index (κ3) is 4.19. The van der Waals surface area contributed by atoms with Crippen molar-refractivity contribution in [3.05, 3.63) is 0 Å². The summed E-state index contributed by atoms with van der Waals surface area (Å²) in [6.45, 7) is 9.06. The van der Waals surface area contributed by atoms with E-state index in [9.17, 15) is 14.7 Å². The van der Waals surface area contributed by atoms with E-state index in [4.69, 9.17) is 0 Å². The van der Waals surface area contributed by atoms with E-state index in [0.717, 1.165) is 95.9 Å². The molecule has 1 N–H and O–H groups in total. The number of nitrogens with zero attached hydrogens (tertiary/aromatic N) is 2. The van der Waals surface area contributed by atoms with Gasteiger partial charge in [-0.3, -0.25) is 14.5 Å². The van der Waals surface area contributed by atoms with E-state index in [2.05, 4.69) is 23.6 Å². The van der Waals surface area contributed by atoms with Crippen LogP contribution in [0.2, 0.25) is 0 Å². The first-order chi connectivity index (χ1) is 17.2. The average Bonchev–Trinajstić information content (AvgIpc) is 3.19. The van der Waals surface area contributed by atoms with E-state index >= 15 is 0 Å². The molecule has 36 heavy (non-hydrogen) atoms. The molecule has 1 heterocycles. The van der Waals surface area contributed by atoms with Gasteiger partial charge < -0.3 is 10.0 Å². The first kappa shape index (κ1) is 25.3. The van der Waals surface area contributed by atoms with E-state index in [1.807, 2.05) is 0 Å². The molecule has 0 unspecified atom stereocenters. The zero-order valence-electron chi connectivity index (χ0n) is 23.0. The molecule has 0 aromatic rings. The second-order valence-corrected chi connectivity index (χ2v) is 14.4. The summed E-state index contributed by atoms with van der Waals surface area (Å²) in [5, 5.41) is 11.8. The Morgan fingerprint density at radius 2 is 1.64 bits per heavy atom. The number of carbonyl (C=O) groups excluding carboxylic acids is 2. The number of carbonyl (C=O) groups is 2. The molecule has 6 fully saturated rings. The third-order valence-electron chi connectivity index (χ3n) is 12.7. The van der Waals surface area contributed by atoms with Crippen molar-refractivity contribution in [1.29, 1.82) is 0 Å². The van der Waals surface area contributed by atoms with Crippen molar-refractivity contribution >= 4 is 11.7 Å². The van der Waals surface area contributed by atoms with E-state index in [1.165, 1.54) is 38.5 Å². The largest absolute Gasteiger partial charge is 0.389 e. The summed E-state index contributed by atoms with van der Waals surface area (Å²) in [4.78, 5) is 30.2. The van der Waals surface area contributed by atoms with Crippen molar-refractivity contribution < 1.29 is 14.7 Å². The number of hydrogen-bond donors (Lipinski definition) is 1. The summed E-state index contributed by atoms with van der Waals surface area (Å²) in [7, 11) is 0. The molecule has 1 saturated heterocycles. The topological polar surface area (TPSA) is 60.9 Å². The van der Waals surface area contributed by atoms with Crippen LogP contribution in [-0.4, -0.2) is 64.9 Å². The standard InChI is InChI=1S/C31H50N2O3/c1-29-14-15-31(36,21-32-16-18-33(19-17-32)28(35)22-6-4-3-5-7-22)20-23(29)8-9-24-25-10-11-27(34)30(25,2)13-12-26(24)29/h22-26,36H,3-21H2,1-2H3/t23-,24-,25-,26-,29-,30-,31+/m0/s1. The van der Waals surface area contributed by atoms with Gasteiger partial charge in [-0.25, -0.2) is 0 Å². The zero-order chi connectivity index (χ0) is 25.1. The van der Waals surface area contributed by atoms with Crippen LogP contribution in [0.25, 0.3) is 0 Å². The van der Waals surface area contributed by atoms with Gasteiger partial charge in [-0.15, -0.1) is 0 Å². The van der Waals surface area contributed by atoms with Crippen LogP contribution in [0, 0.1) is 40.4 Å². The van der Waals surface area contributed by atoms with E-state index in [0.29, 0.717) is 28.9 Å². The molecule has 6 rings (SSSR count). The van der Waals surface area contributed by atoms with E-state index in [1.54, 1.807) is 0 Å². The SMILES string of the molecule is C[C@]12CC[C@](O)(CN3CCN(C(=O)C4CCCCC4)CC3)C[C@@H]1CC[C@@H]1[C@@H]2CC[C@]2(C)C(=O)CC[C@@H]12. The molecule has 5 aliphatic carbocycles. The highest BCUT2D eigenvalue weighted by Crippen LogP contribution is 2.66. The maximum absolute atomic E-state index is 13.0. The average molecular weight is 499 g/mol. The lowest BCUT2D eigenvalue weighted by molar-refractivity contribution is -0.158. The molecule has 5 heteroatoms. The molecule has 0 spiro atoms. The maximum atomic E-state index is 13.0. The van der Waals surface area contributed by atoms with Crippen molar-refractivity contribution in [3.8, 4) is 0 Å². The van der Waals surface area contributed by atoms with Gasteiger partial charge in [0.25, 0.3) is 0 Å². The summed E-state index contributed by atoms with van der Waals surface area (Å²) in [5.41, 5.74) is -0.299. The third-order valence-corrected chi connectivity index (χ3v) is 12.7. The minimum absolute atomic E-state index is 0.0414. The monoisotopic (exact) mass is 498 g/mol. The highest BCUT2D eigenvalue weighted by molar-refractivity contribution is 5.87. The minimum atomic E-state index is -0.584. The highest BCUT2D eigenvalue weighted by atomic mass is 16.3. The number of β-amino-alcohol motifs (C(OH)–C–C–N with tert-alkyl or cyclic N) is 1. The molecule has 1 aliphatic heterocycles. The number of piperazine rings is 1. The molecule has 0 aromatic carbocycles. The van der Waals surface area contributed by atoms with Gasteiger partial charge in [-0.05, 0) is 93.3 Å². The Bertz CT molecular complexity index is 862. The first-order valence-corrected chi connectivity index (χ1v) is 15.5. The zero-order valence-corrected chi connectivity index (χ0v) is 23.0. The molecule has 5 saturated carbocycles. The fourth-order valence-electron chi connectivity index (χ4n) is 10.4. The van der Waals surface area contributed by atoms with Gasteiger partial charge in [0, 0.05) is 50.5 Å². The molecule has 5 nitrogen and oxygen atoms in total. The van der Waals surface area contributed by atoms with Crippen molar-refractivity contribution in [3.63, 3.8) is 0 Å². The number of aliphatic hydroxyl groups is 1. The lowest BCUT2D eigenvalue weighted by atomic mass is 9.44. The van der Waals surface area contributed by atoms with Gasteiger partial charge in [0.15, 0.2) is 0 Å². The fourth-order valence-corrected chi connectivity index (χ4v) is 10.4. The first-order valence-electron chi connectivity index (χ1n) is 15.5. The summed E-state index contributed by atoms with van der Waals surface area (Å²) in [6, 6.07) is 0. The Labute approximate surface area is 218 Å². The van der Waals surface area contributed by atoms with E-state index < -0.39 is 5.60 Å². The highest BCUT2D eigenvalue weighted by Gasteiger charge is 2.61. The minimum Gasteiger partial charge on any atom is -0.389 e. The molecule has 1 amide bonds. The predicted molar refractivity (Wildman–Crippen MR) is 141 cm³/mol. The molecule has 7 atom stereocenters. The number of ketones is 1. The summed E-state index contributed by atoms with van der Waals surface area (Å²) in [6.07, 6.45) is 15.6. The van der Waals surface area contributed by atoms with Crippen LogP contribution in [0.5, 0.6) is 0 Å². The Kier molecular flexibility index (Phi) is 6.59. The van der Waals surface area contributed by atoms with Gasteiger partial charge in [-0.2, -0.15) is 0 Å². The summed E-state index contributed by atoms with van der Waals surface area (Å²) in [5.74, 6) is 3.86. The number of hydrogen-bond acceptors (Lipinski definition) is 4. The van der Waals surface area contributed by atoms with Crippen molar-refractivity contribution in [2.75, 3.05) is 32.7 Å².